The number of fused-ring (bicyclic) bond motifs is 1. The summed E-state index contributed by atoms with van der Waals surface area (Å²) in [6.07, 6.45) is 1.68. The van der Waals surface area contributed by atoms with E-state index in [1.165, 1.54) is 25.6 Å². The molecule has 9 heteroatoms. The molecule has 0 unspecified atom stereocenters. The van der Waals surface area contributed by atoms with Gasteiger partial charge in [-0.05, 0) is 60.7 Å². The van der Waals surface area contributed by atoms with Crippen molar-refractivity contribution in [1.29, 1.82) is 0 Å². The molecule has 1 aliphatic rings. The average molecular weight is 571 g/mol. The summed E-state index contributed by atoms with van der Waals surface area (Å²) in [5, 5.41) is 0. The summed E-state index contributed by atoms with van der Waals surface area (Å²) < 4.78 is 18.0. The van der Waals surface area contributed by atoms with E-state index in [9.17, 15) is 14.4 Å². The number of ether oxygens (including phenoxy) is 2. The molecular weight excluding hydrogens is 540 g/mol. The number of rotatable bonds is 6. The van der Waals surface area contributed by atoms with E-state index >= 15 is 0 Å². The molecule has 0 amide bonds. The van der Waals surface area contributed by atoms with Gasteiger partial charge in [-0.15, -0.1) is 0 Å². The monoisotopic (exact) mass is 570 g/mol. The van der Waals surface area contributed by atoms with Gasteiger partial charge in [0.25, 0.3) is 5.56 Å². The minimum absolute atomic E-state index is 0.280. The minimum Gasteiger partial charge on any atom is -0.466 e. The lowest BCUT2D eigenvalue weighted by Gasteiger charge is -2.24. The first-order valence-electron chi connectivity index (χ1n) is 13.1. The molecule has 41 heavy (non-hydrogen) atoms. The Morgan fingerprint density at radius 1 is 1.00 bits per heavy atom. The van der Waals surface area contributed by atoms with Gasteiger partial charge >= 0.3 is 11.9 Å². The van der Waals surface area contributed by atoms with Crippen LogP contribution in [0.15, 0.2) is 80.1 Å². The summed E-state index contributed by atoms with van der Waals surface area (Å²) in [4.78, 5) is 43.7. The van der Waals surface area contributed by atoms with Crippen molar-refractivity contribution in [3.05, 3.63) is 114 Å². The number of furan rings is 1. The van der Waals surface area contributed by atoms with Crippen molar-refractivity contribution in [3.8, 4) is 11.3 Å². The number of hydrogen-bond donors (Lipinski definition) is 0. The molecule has 4 aromatic rings. The fourth-order valence-corrected chi connectivity index (χ4v) is 5.99. The quantitative estimate of drug-likeness (QED) is 0.306. The van der Waals surface area contributed by atoms with Crippen LogP contribution < -0.4 is 14.9 Å². The van der Waals surface area contributed by atoms with Crippen molar-refractivity contribution in [2.24, 2.45) is 4.99 Å². The third-order valence-electron chi connectivity index (χ3n) is 7.16. The number of thiazole rings is 1. The predicted molar refractivity (Wildman–Crippen MR) is 157 cm³/mol. The van der Waals surface area contributed by atoms with Crippen LogP contribution in [0.5, 0.6) is 0 Å². The van der Waals surface area contributed by atoms with Gasteiger partial charge in [-0.25, -0.2) is 14.6 Å². The van der Waals surface area contributed by atoms with Crippen molar-refractivity contribution >= 4 is 29.4 Å². The van der Waals surface area contributed by atoms with Crippen LogP contribution in [0.25, 0.3) is 17.4 Å². The Morgan fingerprint density at radius 2 is 1.71 bits per heavy atom. The van der Waals surface area contributed by atoms with E-state index in [1.54, 1.807) is 41.8 Å². The lowest BCUT2D eigenvalue weighted by atomic mass is 9.93. The highest BCUT2D eigenvalue weighted by Gasteiger charge is 2.33. The molecule has 8 nitrogen and oxygen atoms in total. The fourth-order valence-electron chi connectivity index (χ4n) is 4.96. The smallest absolute Gasteiger partial charge is 0.338 e. The van der Waals surface area contributed by atoms with E-state index < -0.39 is 18.0 Å². The molecule has 0 N–H and O–H groups in total. The molecule has 2 aromatic carbocycles. The molecule has 0 saturated heterocycles. The maximum atomic E-state index is 13.8. The zero-order chi connectivity index (χ0) is 29.4. The predicted octanol–water partition coefficient (Wildman–Crippen LogP) is 4.89. The molecule has 0 aliphatic carbocycles. The van der Waals surface area contributed by atoms with Crippen LogP contribution in [0.1, 0.15) is 65.5 Å². The second-order valence-electron chi connectivity index (χ2n) is 10.1. The van der Waals surface area contributed by atoms with Gasteiger partial charge in [0.15, 0.2) is 4.80 Å². The van der Waals surface area contributed by atoms with E-state index in [2.05, 4.69) is 18.8 Å². The first-order valence-corrected chi connectivity index (χ1v) is 13.9. The third-order valence-corrected chi connectivity index (χ3v) is 8.14. The molecule has 1 aliphatic heterocycles. The van der Waals surface area contributed by atoms with Gasteiger partial charge in [-0.3, -0.25) is 9.36 Å². The number of hydrogen-bond acceptors (Lipinski definition) is 8. The summed E-state index contributed by atoms with van der Waals surface area (Å²) >= 11 is 1.23. The van der Waals surface area contributed by atoms with Crippen LogP contribution in [0.3, 0.4) is 0 Å². The lowest BCUT2D eigenvalue weighted by molar-refractivity contribution is -0.136. The molecule has 3 heterocycles. The van der Waals surface area contributed by atoms with Gasteiger partial charge in [0, 0.05) is 11.6 Å². The van der Waals surface area contributed by atoms with Crippen LogP contribution in [0, 0.1) is 6.92 Å². The second-order valence-corrected chi connectivity index (χ2v) is 11.1. The van der Waals surface area contributed by atoms with Crippen LogP contribution in [-0.4, -0.2) is 30.7 Å². The molecule has 5 rings (SSSR count). The number of carbonyl (C=O) groups is 2. The van der Waals surface area contributed by atoms with Crippen molar-refractivity contribution in [1.82, 2.24) is 4.57 Å². The zero-order valence-corrected chi connectivity index (χ0v) is 24.5. The third kappa shape index (κ3) is 5.20. The van der Waals surface area contributed by atoms with Crippen LogP contribution in [0.2, 0.25) is 0 Å². The van der Waals surface area contributed by atoms with Crippen molar-refractivity contribution in [2.75, 3.05) is 14.2 Å². The number of benzene rings is 2. The van der Waals surface area contributed by atoms with Gasteiger partial charge in [0.2, 0.25) is 0 Å². The Hall–Kier alpha value is -4.50. The van der Waals surface area contributed by atoms with E-state index in [0.717, 1.165) is 22.3 Å². The molecular formula is C32H30N2O6S. The highest BCUT2D eigenvalue weighted by Crippen LogP contribution is 2.32. The number of aromatic nitrogens is 1. The summed E-state index contributed by atoms with van der Waals surface area (Å²) in [7, 11) is 2.67. The summed E-state index contributed by atoms with van der Waals surface area (Å²) in [5.74, 6) is 0.502. The molecule has 0 saturated carbocycles. The Balaban J connectivity index is 1.58. The standard InChI is InChI=1S/C32H30N2O6S/c1-17(2)20-7-9-21(10-8-20)28-27(31(37)39-6)19(4)33-32-34(28)29(35)26(41-32)16-23-12-14-25(40-23)24-13-11-22(15-18(24)3)30(36)38-5/h7-17,28H,1-6H3/b26-16-/t28-/m1/s1. The van der Waals surface area contributed by atoms with Crippen LogP contribution >= 0.6 is 11.3 Å². The largest absolute Gasteiger partial charge is 0.466 e. The Labute approximate surface area is 240 Å². The first-order chi connectivity index (χ1) is 19.6. The highest BCUT2D eigenvalue weighted by atomic mass is 32.1. The molecule has 1 atom stereocenters. The number of methoxy groups -OCH3 is 2. The molecule has 0 spiro atoms. The Kier molecular flexibility index (Phi) is 7.64. The van der Waals surface area contributed by atoms with Crippen molar-refractivity contribution in [2.45, 2.75) is 39.7 Å². The maximum absolute atomic E-state index is 13.8. The number of allylic oxidation sites excluding steroid dienone is 1. The van der Waals surface area contributed by atoms with Gasteiger partial charge < -0.3 is 13.9 Å². The van der Waals surface area contributed by atoms with Crippen LogP contribution in [0.4, 0.5) is 0 Å². The van der Waals surface area contributed by atoms with E-state index in [-0.39, 0.29) is 5.56 Å². The average Bonchev–Trinajstić information content (AvgIpc) is 3.55. The number of aryl methyl sites for hydroxylation is 1. The Bertz CT molecular complexity index is 1870. The summed E-state index contributed by atoms with van der Waals surface area (Å²) in [6.45, 7) is 7.86. The normalized spacial score (nSPS) is 15.1. The lowest BCUT2D eigenvalue weighted by Crippen LogP contribution is -2.39. The zero-order valence-electron chi connectivity index (χ0n) is 23.7. The van der Waals surface area contributed by atoms with Gasteiger partial charge in [0.05, 0.1) is 41.6 Å². The fraction of sp³-hybridized carbons (Fsp3) is 0.250. The topological polar surface area (TPSA) is 100 Å². The van der Waals surface area contributed by atoms with E-state index in [0.29, 0.717) is 43.6 Å². The number of esters is 2. The van der Waals surface area contributed by atoms with Crippen LogP contribution in [-0.2, 0) is 14.3 Å². The molecule has 2 aromatic heterocycles. The summed E-state index contributed by atoms with van der Waals surface area (Å²) in [5.41, 5.74) is 4.63. The summed E-state index contributed by atoms with van der Waals surface area (Å²) in [6, 6.07) is 16.1. The van der Waals surface area contributed by atoms with E-state index in [1.807, 2.05) is 37.3 Å². The highest BCUT2D eigenvalue weighted by molar-refractivity contribution is 7.07. The molecule has 0 radical (unpaired) electrons. The number of carbonyl (C=O) groups excluding carboxylic acids is 2. The van der Waals surface area contributed by atoms with Gasteiger partial charge in [-0.1, -0.05) is 55.5 Å². The first kappa shape index (κ1) is 28.0. The number of nitrogens with zero attached hydrogens (tertiary/aromatic N) is 2. The molecule has 0 fully saturated rings. The maximum Gasteiger partial charge on any atom is 0.338 e. The second kappa shape index (κ2) is 11.2. The molecule has 210 valence electrons. The minimum atomic E-state index is -0.676. The van der Waals surface area contributed by atoms with E-state index in [4.69, 9.17) is 13.9 Å². The van der Waals surface area contributed by atoms with Gasteiger partial charge in [-0.2, -0.15) is 0 Å². The SMILES string of the molecule is COC(=O)C1=C(C)N=c2s/c(=C\c3ccc(-c4ccc(C(=O)OC)cc4C)o3)c(=O)n2[C@@H]1c1ccc(C(C)C)cc1. The van der Waals surface area contributed by atoms with Crippen molar-refractivity contribution < 1.29 is 23.5 Å². The van der Waals surface area contributed by atoms with Gasteiger partial charge in [0.1, 0.15) is 11.5 Å². The Morgan fingerprint density at radius 3 is 2.34 bits per heavy atom. The molecule has 0 bridgehead atoms. The van der Waals surface area contributed by atoms with Crippen molar-refractivity contribution in [3.63, 3.8) is 0 Å².